The first-order chi connectivity index (χ1) is 8.63. The van der Waals surface area contributed by atoms with Gasteiger partial charge >= 0.3 is 0 Å². The quantitative estimate of drug-likeness (QED) is 0.766. The molecular weight excluding hydrogens is 266 g/mol. The highest BCUT2D eigenvalue weighted by molar-refractivity contribution is 7.99. The molecule has 0 saturated heterocycles. The van der Waals surface area contributed by atoms with Crippen molar-refractivity contribution < 1.29 is 4.79 Å². The Morgan fingerprint density at radius 2 is 2.06 bits per heavy atom. The standard InChI is InChI=1S/C14H20ClNOS/c1-3-4-9-18-10-14(17)16-11(2)12-5-7-13(15)8-6-12/h5-8,11H,3-4,9-10H2,1-2H3,(H,16,17). The molecule has 1 aromatic rings. The maximum absolute atomic E-state index is 11.7. The average molecular weight is 286 g/mol. The molecule has 0 saturated carbocycles. The van der Waals surface area contributed by atoms with E-state index < -0.39 is 0 Å². The van der Waals surface area contributed by atoms with Gasteiger partial charge in [0.2, 0.25) is 5.91 Å². The van der Waals surface area contributed by atoms with Crippen molar-refractivity contribution in [3.63, 3.8) is 0 Å². The molecule has 1 amide bonds. The third-order valence-corrected chi connectivity index (χ3v) is 3.92. The Hall–Kier alpha value is -0.670. The lowest BCUT2D eigenvalue weighted by Crippen LogP contribution is -2.28. The van der Waals surface area contributed by atoms with Gasteiger partial charge in [-0.25, -0.2) is 0 Å². The van der Waals surface area contributed by atoms with Crippen LogP contribution in [0.2, 0.25) is 5.02 Å². The van der Waals surface area contributed by atoms with Gasteiger partial charge in [0, 0.05) is 5.02 Å². The van der Waals surface area contributed by atoms with E-state index in [4.69, 9.17) is 11.6 Å². The first-order valence-corrected chi connectivity index (χ1v) is 7.79. The SMILES string of the molecule is CCCCSCC(=O)NC(C)c1ccc(Cl)cc1. The number of hydrogen-bond donors (Lipinski definition) is 1. The molecule has 0 fully saturated rings. The van der Waals surface area contributed by atoms with E-state index >= 15 is 0 Å². The predicted molar refractivity (Wildman–Crippen MR) is 80.2 cm³/mol. The summed E-state index contributed by atoms with van der Waals surface area (Å²) in [6, 6.07) is 7.60. The van der Waals surface area contributed by atoms with E-state index in [1.54, 1.807) is 11.8 Å². The summed E-state index contributed by atoms with van der Waals surface area (Å²) in [7, 11) is 0. The number of thioether (sulfide) groups is 1. The van der Waals surface area contributed by atoms with Gasteiger partial charge in [0.15, 0.2) is 0 Å². The van der Waals surface area contributed by atoms with Crippen LogP contribution in [0.15, 0.2) is 24.3 Å². The number of hydrogen-bond acceptors (Lipinski definition) is 2. The van der Waals surface area contributed by atoms with Gasteiger partial charge in [-0.15, -0.1) is 0 Å². The molecule has 2 nitrogen and oxygen atoms in total. The maximum atomic E-state index is 11.7. The lowest BCUT2D eigenvalue weighted by molar-refractivity contribution is -0.119. The van der Waals surface area contributed by atoms with E-state index in [1.165, 1.54) is 12.8 Å². The van der Waals surface area contributed by atoms with Gasteiger partial charge in [0.1, 0.15) is 0 Å². The Balaban J connectivity index is 2.33. The second-order valence-electron chi connectivity index (χ2n) is 4.25. The molecule has 0 aliphatic carbocycles. The topological polar surface area (TPSA) is 29.1 Å². The molecule has 1 unspecified atom stereocenters. The highest BCUT2D eigenvalue weighted by Gasteiger charge is 2.09. The van der Waals surface area contributed by atoms with Gasteiger partial charge in [-0.2, -0.15) is 11.8 Å². The molecule has 1 N–H and O–H groups in total. The molecule has 1 atom stereocenters. The minimum absolute atomic E-state index is 0.0292. The fraction of sp³-hybridized carbons (Fsp3) is 0.500. The largest absolute Gasteiger partial charge is 0.349 e. The first kappa shape index (κ1) is 15.4. The lowest BCUT2D eigenvalue weighted by Gasteiger charge is -2.14. The zero-order valence-electron chi connectivity index (χ0n) is 10.9. The number of unbranched alkanes of at least 4 members (excludes halogenated alkanes) is 1. The van der Waals surface area contributed by atoms with Crippen LogP contribution in [0.25, 0.3) is 0 Å². The molecule has 4 heteroatoms. The zero-order valence-corrected chi connectivity index (χ0v) is 12.5. The minimum Gasteiger partial charge on any atom is -0.349 e. The predicted octanol–water partition coefficient (Wildman–Crippen LogP) is 4.05. The van der Waals surface area contributed by atoms with Crippen LogP contribution < -0.4 is 5.32 Å². The zero-order chi connectivity index (χ0) is 13.4. The molecule has 18 heavy (non-hydrogen) atoms. The van der Waals surface area contributed by atoms with Crippen molar-refractivity contribution in [2.24, 2.45) is 0 Å². The van der Waals surface area contributed by atoms with Crippen molar-refractivity contribution in [1.82, 2.24) is 5.32 Å². The molecule has 0 aliphatic rings. The van der Waals surface area contributed by atoms with Crippen LogP contribution in [-0.4, -0.2) is 17.4 Å². The van der Waals surface area contributed by atoms with Crippen LogP contribution >= 0.6 is 23.4 Å². The van der Waals surface area contributed by atoms with Crippen molar-refractivity contribution >= 4 is 29.3 Å². The van der Waals surface area contributed by atoms with E-state index in [1.807, 2.05) is 31.2 Å². The Labute approximate surface area is 118 Å². The van der Waals surface area contributed by atoms with Crippen molar-refractivity contribution in [2.45, 2.75) is 32.7 Å². The van der Waals surface area contributed by atoms with Crippen LogP contribution in [0.5, 0.6) is 0 Å². The number of nitrogens with one attached hydrogen (secondary N) is 1. The van der Waals surface area contributed by atoms with E-state index in [2.05, 4.69) is 12.2 Å². The van der Waals surface area contributed by atoms with Crippen LogP contribution in [-0.2, 0) is 4.79 Å². The van der Waals surface area contributed by atoms with Gasteiger partial charge in [-0.1, -0.05) is 37.1 Å². The van der Waals surface area contributed by atoms with Crippen molar-refractivity contribution in [2.75, 3.05) is 11.5 Å². The van der Waals surface area contributed by atoms with Gasteiger partial charge < -0.3 is 5.32 Å². The number of carbonyl (C=O) groups excluding carboxylic acids is 1. The summed E-state index contributed by atoms with van der Waals surface area (Å²) in [6.07, 6.45) is 2.35. The molecule has 0 radical (unpaired) electrons. The number of benzene rings is 1. The van der Waals surface area contributed by atoms with E-state index in [0.717, 1.165) is 11.3 Å². The molecule has 0 heterocycles. The first-order valence-electron chi connectivity index (χ1n) is 6.26. The molecule has 100 valence electrons. The molecule has 0 aliphatic heterocycles. The molecular formula is C14H20ClNOS. The number of amides is 1. The van der Waals surface area contributed by atoms with E-state index in [9.17, 15) is 4.79 Å². The number of halogens is 1. The van der Waals surface area contributed by atoms with Gasteiger partial charge in [-0.3, -0.25) is 4.79 Å². The van der Waals surface area contributed by atoms with Gasteiger partial charge in [0.25, 0.3) is 0 Å². The fourth-order valence-corrected chi connectivity index (χ4v) is 2.56. The molecule has 0 bridgehead atoms. The normalized spacial score (nSPS) is 12.2. The summed E-state index contributed by atoms with van der Waals surface area (Å²) in [5.41, 5.74) is 1.08. The summed E-state index contributed by atoms with van der Waals surface area (Å²) in [6.45, 7) is 4.14. The Morgan fingerprint density at radius 3 is 2.67 bits per heavy atom. The van der Waals surface area contributed by atoms with Crippen molar-refractivity contribution in [3.05, 3.63) is 34.9 Å². The minimum atomic E-state index is 0.0292. The third-order valence-electron chi connectivity index (χ3n) is 2.62. The lowest BCUT2D eigenvalue weighted by atomic mass is 10.1. The highest BCUT2D eigenvalue weighted by atomic mass is 35.5. The monoisotopic (exact) mass is 285 g/mol. The van der Waals surface area contributed by atoms with Gasteiger partial charge in [-0.05, 0) is 36.8 Å². The summed E-state index contributed by atoms with van der Waals surface area (Å²) in [4.78, 5) is 11.7. The molecule has 0 aromatic heterocycles. The van der Waals surface area contributed by atoms with E-state index in [0.29, 0.717) is 10.8 Å². The molecule has 1 aromatic carbocycles. The Bertz CT molecular complexity index is 367. The highest BCUT2D eigenvalue weighted by Crippen LogP contribution is 2.16. The van der Waals surface area contributed by atoms with Crippen LogP contribution in [0.1, 0.15) is 38.3 Å². The van der Waals surface area contributed by atoms with Crippen molar-refractivity contribution in [1.29, 1.82) is 0 Å². The van der Waals surface area contributed by atoms with Crippen LogP contribution in [0.4, 0.5) is 0 Å². The summed E-state index contributed by atoms with van der Waals surface area (Å²) < 4.78 is 0. The van der Waals surface area contributed by atoms with E-state index in [-0.39, 0.29) is 11.9 Å². The summed E-state index contributed by atoms with van der Waals surface area (Å²) in [5, 5.41) is 3.70. The molecule has 0 spiro atoms. The Kier molecular flexibility index (Phi) is 7.21. The maximum Gasteiger partial charge on any atom is 0.230 e. The molecule has 1 rings (SSSR count). The summed E-state index contributed by atoms with van der Waals surface area (Å²) in [5.74, 6) is 1.69. The Morgan fingerprint density at radius 1 is 1.39 bits per heavy atom. The fourth-order valence-electron chi connectivity index (χ4n) is 1.53. The average Bonchev–Trinajstić information content (AvgIpc) is 2.35. The van der Waals surface area contributed by atoms with Crippen LogP contribution in [0.3, 0.4) is 0 Å². The number of carbonyl (C=O) groups is 1. The third kappa shape index (κ3) is 5.78. The van der Waals surface area contributed by atoms with Gasteiger partial charge in [0.05, 0.1) is 11.8 Å². The number of rotatable bonds is 7. The second-order valence-corrected chi connectivity index (χ2v) is 5.79. The van der Waals surface area contributed by atoms with Crippen LogP contribution in [0, 0.1) is 0 Å². The smallest absolute Gasteiger partial charge is 0.230 e. The van der Waals surface area contributed by atoms with Crippen molar-refractivity contribution in [3.8, 4) is 0 Å². The summed E-state index contributed by atoms with van der Waals surface area (Å²) >= 11 is 7.52. The second kappa shape index (κ2) is 8.44.